The first-order chi connectivity index (χ1) is 9.11. The Kier molecular flexibility index (Phi) is 3.91. The van der Waals surface area contributed by atoms with Gasteiger partial charge in [0.05, 0.1) is 11.5 Å². The lowest BCUT2D eigenvalue weighted by atomic mass is 10.4. The molecule has 7 nitrogen and oxygen atoms in total. The number of rotatable bonds is 5. The second-order valence-corrected chi connectivity index (χ2v) is 5.16. The van der Waals surface area contributed by atoms with Gasteiger partial charge in [0, 0.05) is 16.8 Å². The van der Waals surface area contributed by atoms with Crippen molar-refractivity contribution in [2.24, 2.45) is 0 Å². The first-order valence-corrected chi connectivity index (χ1v) is 6.39. The van der Waals surface area contributed by atoms with Crippen LogP contribution in [0.5, 0.6) is 0 Å². The highest BCUT2D eigenvalue weighted by Gasteiger charge is 2.21. The van der Waals surface area contributed by atoms with E-state index in [1.807, 2.05) is 19.1 Å². The molecule has 0 amide bonds. The molecule has 0 radical (unpaired) electrons. The van der Waals surface area contributed by atoms with Crippen molar-refractivity contribution in [1.82, 2.24) is 9.97 Å². The second kappa shape index (κ2) is 5.61. The van der Waals surface area contributed by atoms with Gasteiger partial charge in [-0.25, -0.2) is 9.97 Å². The van der Waals surface area contributed by atoms with Crippen LogP contribution in [0.15, 0.2) is 18.5 Å². The fraction of sp³-hybridized carbons (Fsp3) is 0.273. The van der Waals surface area contributed by atoms with Gasteiger partial charge in [-0.1, -0.05) is 0 Å². The summed E-state index contributed by atoms with van der Waals surface area (Å²) < 4.78 is 0. The molecule has 2 aromatic rings. The van der Waals surface area contributed by atoms with Crippen molar-refractivity contribution in [3.05, 3.63) is 38.3 Å². The first-order valence-electron chi connectivity index (χ1n) is 5.58. The zero-order valence-electron chi connectivity index (χ0n) is 10.5. The molecule has 0 unspecified atom stereocenters. The average Bonchev–Trinajstić information content (AvgIpc) is 2.81. The summed E-state index contributed by atoms with van der Waals surface area (Å²) in [5, 5.41) is 16.7. The molecule has 2 rings (SSSR count). The van der Waals surface area contributed by atoms with Crippen LogP contribution in [0.25, 0.3) is 0 Å². The van der Waals surface area contributed by atoms with Gasteiger partial charge in [0.2, 0.25) is 11.6 Å². The Hall–Kier alpha value is -2.22. The molecule has 0 aliphatic rings. The van der Waals surface area contributed by atoms with Gasteiger partial charge in [0.25, 0.3) is 0 Å². The Bertz CT molecular complexity index is 599. The summed E-state index contributed by atoms with van der Waals surface area (Å²) in [4.78, 5) is 20.6. The molecule has 0 aliphatic carbocycles. The molecule has 2 heterocycles. The number of nitrogens with one attached hydrogen (secondary N) is 2. The maximum Gasteiger partial charge on any atom is 0.353 e. The predicted octanol–water partition coefficient (Wildman–Crippen LogP) is 2.41. The second-order valence-electron chi connectivity index (χ2n) is 3.79. The molecular weight excluding hydrogens is 266 g/mol. The smallest absolute Gasteiger partial charge is 0.353 e. The van der Waals surface area contributed by atoms with Crippen LogP contribution in [0, 0.1) is 17.0 Å². The summed E-state index contributed by atoms with van der Waals surface area (Å²) in [5.74, 6) is 0.417. The minimum atomic E-state index is -0.492. The molecule has 8 heteroatoms. The van der Waals surface area contributed by atoms with E-state index in [2.05, 4.69) is 20.6 Å². The molecule has 100 valence electrons. The average molecular weight is 279 g/mol. The number of nitro groups is 1. The fourth-order valence-corrected chi connectivity index (χ4v) is 2.45. The molecule has 2 N–H and O–H groups in total. The molecule has 0 saturated carbocycles. The van der Waals surface area contributed by atoms with Gasteiger partial charge < -0.3 is 10.6 Å². The molecule has 0 aromatic carbocycles. The molecule has 0 bridgehead atoms. The van der Waals surface area contributed by atoms with Crippen molar-refractivity contribution in [3.8, 4) is 0 Å². The van der Waals surface area contributed by atoms with Crippen molar-refractivity contribution < 1.29 is 4.92 Å². The molecule has 0 spiro atoms. The topological polar surface area (TPSA) is 93.0 Å². The van der Waals surface area contributed by atoms with E-state index in [0.29, 0.717) is 6.54 Å². The Morgan fingerprint density at radius 1 is 1.37 bits per heavy atom. The lowest BCUT2D eigenvalue weighted by Crippen LogP contribution is -2.07. The number of aromatic nitrogens is 2. The van der Waals surface area contributed by atoms with Gasteiger partial charge in [-0.2, -0.15) is 0 Å². The normalized spacial score (nSPS) is 10.2. The van der Waals surface area contributed by atoms with Gasteiger partial charge in [0.15, 0.2) is 0 Å². The number of hydrogen-bond acceptors (Lipinski definition) is 7. The Morgan fingerprint density at radius 2 is 2.11 bits per heavy atom. The van der Waals surface area contributed by atoms with Crippen molar-refractivity contribution >= 4 is 28.7 Å². The van der Waals surface area contributed by atoms with Crippen molar-refractivity contribution in [3.63, 3.8) is 0 Å². The van der Waals surface area contributed by atoms with Gasteiger partial charge >= 0.3 is 5.69 Å². The van der Waals surface area contributed by atoms with Crippen LogP contribution in [0.4, 0.5) is 17.3 Å². The Balaban J connectivity index is 2.22. The molecule has 19 heavy (non-hydrogen) atoms. The van der Waals surface area contributed by atoms with Crippen LogP contribution in [0.1, 0.15) is 9.75 Å². The highest BCUT2D eigenvalue weighted by Crippen LogP contribution is 2.29. The molecule has 0 fully saturated rings. The SMILES string of the molecule is CNc1ncnc(NCc2ccc(C)s2)c1[N+](=O)[O-]. The predicted molar refractivity (Wildman–Crippen MR) is 74.6 cm³/mol. The van der Waals surface area contributed by atoms with E-state index >= 15 is 0 Å². The number of nitrogens with zero attached hydrogens (tertiary/aromatic N) is 3. The summed E-state index contributed by atoms with van der Waals surface area (Å²) >= 11 is 1.64. The number of aryl methyl sites for hydroxylation is 1. The van der Waals surface area contributed by atoms with Gasteiger partial charge in [-0.3, -0.25) is 10.1 Å². The highest BCUT2D eigenvalue weighted by atomic mass is 32.1. The van der Waals surface area contributed by atoms with Gasteiger partial charge in [-0.15, -0.1) is 11.3 Å². The number of thiophene rings is 1. The van der Waals surface area contributed by atoms with Gasteiger partial charge in [-0.05, 0) is 19.1 Å². The minimum Gasteiger partial charge on any atom is -0.367 e. The first kappa shape index (κ1) is 13.2. The summed E-state index contributed by atoms with van der Waals surface area (Å²) in [6.07, 6.45) is 1.29. The lowest BCUT2D eigenvalue weighted by Gasteiger charge is -2.07. The summed E-state index contributed by atoms with van der Waals surface area (Å²) in [7, 11) is 1.59. The summed E-state index contributed by atoms with van der Waals surface area (Å²) in [5.41, 5.74) is -0.140. The largest absolute Gasteiger partial charge is 0.367 e. The maximum absolute atomic E-state index is 11.1. The van der Waals surface area contributed by atoms with Crippen LogP contribution in [0.2, 0.25) is 0 Å². The monoisotopic (exact) mass is 279 g/mol. The van der Waals surface area contributed by atoms with Crippen LogP contribution in [-0.2, 0) is 6.54 Å². The van der Waals surface area contributed by atoms with E-state index in [4.69, 9.17) is 0 Å². The number of hydrogen-bond donors (Lipinski definition) is 2. The molecule has 0 saturated heterocycles. The van der Waals surface area contributed by atoms with E-state index in [0.717, 1.165) is 4.88 Å². The lowest BCUT2D eigenvalue weighted by molar-refractivity contribution is -0.383. The maximum atomic E-state index is 11.1. The molecule has 0 aliphatic heterocycles. The highest BCUT2D eigenvalue weighted by molar-refractivity contribution is 7.11. The Morgan fingerprint density at radius 3 is 2.68 bits per heavy atom. The fourth-order valence-electron chi connectivity index (χ4n) is 1.61. The van der Waals surface area contributed by atoms with E-state index in [9.17, 15) is 10.1 Å². The zero-order valence-corrected chi connectivity index (χ0v) is 11.3. The Labute approximate surface area is 113 Å². The van der Waals surface area contributed by atoms with Crippen LogP contribution >= 0.6 is 11.3 Å². The van der Waals surface area contributed by atoms with E-state index in [-0.39, 0.29) is 17.3 Å². The van der Waals surface area contributed by atoms with Crippen LogP contribution < -0.4 is 10.6 Å². The summed E-state index contributed by atoms with van der Waals surface area (Å²) in [6.45, 7) is 2.51. The van der Waals surface area contributed by atoms with Crippen molar-refractivity contribution in [2.75, 3.05) is 17.7 Å². The van der Waals surface area contributed by atoms with Crippen molar-refractivity contribution in [1.29, 1.82) is 0 Å². The van der Waals surface area contributed by atoms with Gasteiger partial charge in [0.1, 0.15) is 6.33 Å². The quantitative estimate of drug-likeness (QED) is 0.645. The van der Waals surface area contributed by atoms with Crippen LogP contribution in [-0.4, -0.2) is 21.9 Å². The van der Waals surface area contributed by atoms with E-state index in [1.54, 1.807) is 18.4 Å². The number of anilines is 2. The van der Waals surface area contributed by atoms with Crippen molar-refractivity contribution in [2.45, 2.75) is 13.5 Å². The third kappa shape index (κ3) is 2.97. The third-order valence-corrected chi connectivity index (χ3v) is 3.47. The van der Waals surface area contributed by atoms with E-state index in [1.165, 1.54) is 11.2 Å². The molecule has 0 atom stereocenters. The minimum absolute atomic E-state index is 0.140. The van der Waals surface area contributed by atoms with Crippen LogP contribution in [0.3, 0.4) is 0 Å². The van der Waals surface area contributed by atoms with E-state index < -0.39 is 4.92 Å². The summed E-state index contributed by atoms with van der Waals surface area (Å²) in [6, 6.07) is 3.99. The standard InChI is InChI=1S/C11H13N5O2S/c1-7-3-4-8(19-7)5-13-11-9(16(17)18)10(12-2)14-6-15-11/h3-4,6H,5H2,1-2H3,(H2,12,13,14,15). The third-order valence-electron chi connectivity index (χ3n) is 2.47. The zero-order chi connectivity index (χ0) is 13.8. The molecular formula is C11H13N5O2S. The molecule has 2 aromatic heterocycles.